The molecule has 1 aromatic rings. The molecule has 4 rings (SSSR count). The Kier molecular flexibility index (Phi) is 4.62. The third-order valence-corrected chi connectivity index (χ3v) is 7.12. The van der Waals surface area contributed by atoms with Gasteiger partial charge >= 0.3 is 0 Å². The van der Waals surface area contributed by atoms with Gasteiger partial charge in [-0.1, -0.05) is 0 Å². The van der Waals surface area contributed by atoms with Gasteiger partial charge in [-0.3, -0.25) is 4.99 Å². The van der Waals surface area contributed by atoms with Crippen molar-refractivity contribution in [1.29, 1.82) is 0 Å². The van der Waals surface area contributed by atoms with Crippen LogP contribution in [-0.4, -0.2) is 49.9 Å². The molecule has 1 saturated carbocycles. The minimum Gasteiger partial charge on any atom is -0.353 e. The fourth-order valence-corrected chi connectivity index (χ4v) is 5.52. The predicted octanol–water partition coefficient (Wildman–Crippen LogP) is 1.87. The number of hydrogen-bond donors (Lipinski definition) is 1. The Morgan fingerprint density at radius 2 is 2.08 bits per heavy atom. The zero-order valence-electron chi connectivity index (χ0n) is 14.5. The largest absolute Gasteiger partial charge is 0.353 e. The molecule has 1 saturated heterocycles. The number of aliphatic imine (C=N–C) groups is 1. The number of nitrogens with one attached hydrogen (secondary N) is 1. The molecule has 5 nitrogen and oxygen atoms in total. The van der Waals surface area contributed by atoms with Crippen LogP contribution in [0.25, 0.3) is 0 Å². The van der Waals surface area contributed by atoms with E-state index in [1.54, 1.807) is 0 Å². The zero-order chi connectivity index (χ0) is 18.3. The molecular formula is C18H23F2N3O2S. The highest BCUT2D eigenvalue weighted by molar-refractivity contribution is 7.91. The second-order valence-electron chi connectivity index (χ2n) is 7.55. The summed E-state index contributed by atoms with van der Waals surface area (Å²) in [6.07, 6.45) is 3.33. The van der Waals surface area contributed by atoms with E-state index in [4.69, 9.17) is 0 Å². The second-order valence-corrected chi connectivity index (χ2v) is 9.78. The Morgan fingerprint density at radius 1 is 1.27 bits per heavy atom. The van der Waals surface area contributed by atoms with Crippen LogP contribution in [0.4, 0.5) is 8.78 Å². The lowest BCUT2D eigenvalue weighted by Gasteiger charge is -2.32. The van der Waals surface area contributed by atoms with Crippen LogP contribution < -0.4 is 5.32 Å². The van der Waals surface area contributed by atoms with Gasteiger partial charge in [-0.05, 0) is 48.8 Å². The van der Waals surface area contributed by atoms with E-state index in [2.05, 4.69) is 10.3 Å². The van der Waals surface area contributed by atoms with E-state index in [-0.39, 0.29) is 17.4 Å². The Balaban J connectivity index is 1.50. The molecular weight excluding hydrogens is 360 g/mol. The fraction of sp³-hybridized carbons (Fsp3) is 0.611. The van der Waals surface area contributed by atoms with Gasteiger partial charge in [0.2, 0.25) is 0 Å². The van der Waals surface area contributed by atoms with Gasteiger partial charge in [-0.2, -0.15) is 0 Å². The quantitative estimate of drug-likeness (QED) is 0.639. The Morgan fingerprint density at radius 3 is 2.77 bits per heavy atom. The molecule has 0 amide bonds. The molecule has 0 bridgehead atoms. The molecule has 142 valence electrons. The molecule has 1 atom stereocenters. The predicted molar refractivity (Wildman–Crippen MR) is 95.7 cm³/mol. The van der Waals surface area contributed by atoms with Crippen molar-refractivity contribution >= 4 is 15.8 Å². The summed E-state index contributed by atoms with van der Waals surface area (Å²) in [5, 5.41) is 3.40. The van der Waals surface area contributed by atoms with Crippen molar-refractivity contribution in [3.8, 4) is 0 Å². The van der Waals surface area contributed by atoms with Crippen LogP contribution in [0.5, 0.6) is 0 Å². The van der Waals surface area contributed by atoms with Crippen molar-refractivity contribution < 1.29 is 17.2 Å². The first-order valence-corrected chi connectivity index (χ1v) is 10.9. The number of benzene rings is 1. The van der Waals surface area contributed by atoms with Gasteiger partial charge in [0.05, 0.1) is 11.5 Å². The summed E-state index contributed by atoms with van der Waals surface area (Å²) in [6.45, 7) is 1.48. The lowest BCUT2D eigenvalue weighted by molar-refractivity contribution is 0.367. The van der Waals surface area contributed by atoms with Crippen molar-refractivity contribution in [3.05, 3.63) is 34.9 Å². The molecule has 3 aliphatic rings. The van der Waals surface area contributed by atoms with Gasteiger partial charge in [0.1, 0.15) is 11.6 Å². The van der Waals surface area contributed by atoms with Crippen molar-refractivity contribution in [2.24, 2.45) is 10.9 Å². The number of halogens is 2. The Labute approximate surface area is 152 Å². The zero-order valence-corrected chi connectivity index (χ0v) is 15.4. The average molecular weight is 383 g/mol. The summed E-state index contributed by atoms with van der Waals surface area (Å²) >= 11 is 0. The first-order valence-electron chi connectivity index (χ1n) is 9.13. The Hall–Kier alpha value is -1.70. The van der Waals surface area contributed by atoms with E-state index in [0.717, 1.165) is 24.9 Å². The van der Waals surface area contributed by atoms with E-state index in [1.165, 1.54) is 6.07 Å². The van der Waals surface area contributed by atoms with Crippen LogP contribution >= 0.6 is 0 Å². The maximum atomic E-state index is 13.9. The van der Waals surface area contributed by atoms with E-state index in [0.29, 0.717) is 49.6 Å². The van der Waals surface area contributed by atoms with E-state index < -0.39 is 21.5 Å². The van der Waals surface area contributed by atoms with Gasteiger partial charge in [0, 0.05) is 31.7 Å². The smallest absolute Gasteiger partial charge is 0.194 e. The van der Waals surface area contributed by atoms with Crippen LogP contribution in [0.3, 0.4) is 0 Å². The molecule has 0 spiro atoms. The van der Waals surface area contributed by atoms with Crippen LogP contribution in [0, 0.1) is 17.6 Å². The number of rotatable bonds is 3. The van der Waals surface area contributed by atoms with Crippen LogP contribution in [0.1, 0.15) is 30.4 Å². The van der Waals surface area contributed by atoms with E-state index in [9.17, 15) is 17.2 Å². The summed E-state index contributed by atoms with van der Waals surface area (Å²) in [5.41, 5.74) is 1.23. The number of guanidine groups is 1. The van der Waals surface area contributed by atoms with Gasteiger partial charge in [0.15, 0.2) is 15.8 Å². The summed E-state index contributed by atoms with van der Waals surface area (Å²) in [4.78, 5) is 6.69. The summed E-state index contributed by atoms with van der Waals surface area (Å²) < 4.78 is 50.8. The molecule has 8 heteroatoms. The highest BCUT2D eigenvalue weighted by Crippen LogP contribution is 2.25. The first kappa shape index (κ1) is 17.7. The standard InChI is InChI=1S/C18H23F2N3O2S/c19-14-7-13-10-23(5-3-16(13)17(20)8-14)18(22-15-1-2-15)21-9-12-4-6-26(24,25)11-12/h7-8,12,15H,1-6,9-11H2,(H,21,22). The first-order chi connectivity index (χ1) is 12.4. The fourth-order valence-electron chi connectivity index (χ4n) is 3.67. The van der Waals surface area contributed by atoms with Crippen molar-refractivity contribution in [1.82, 2.24) is 10.2 Å². The minimum absolute atomic E-state index is 0.0583. The molecule has 0 aromatic heterocycles. The highest BCUT2D eigenvalue weighted by atomic mass is 32.2. The Bertz CT molecular complexity index is 837. The molecule has 0 radical (unpaired) electrons. The molecule has 1 aromatic carbocycles. The molecule has 1 aliphatic carbocycles. The lowest BCUT2D eigenvalue weighted by Crippen LogP contribution is -2.45. The van der Waals surface area contributed by atoms with Crippen molar-refractivity contribution in [3.63, 3.8) is 0 Å². The van der Waals surface area contributed by atoms with E-state index >= 15 is 0 Å². The van der Waals surface area contributed by atoms with Gasteiger partial charge in [-0.15, -0.1) is 0 Å². The van der Waals surface area contributed by atoms with Crippen LogP contribution in [0.15, 0.2) is 17.1 Å². The minimum atomic E-state index is -2.92. The monoisotopic (exact) mass is 383 g/mol. The normalized spacial score (nSPS) is 25.2. The maximum absolute atomic E-state index is 13.9. The van der Waals surface area contributed by atoms with Crippen LogP contribution in [0.2, 0.25) is 0 Å². The van der Waals surface area contributed by atoms with Gasteiger partial charge in [0.25, 0.3) is 0 Å². The number of nitrogens with zero attached hydrogens (tertiary/aromatic N) is 2. The third kappa shape index (κ3) is 4.00. The van der Waals surface area contributed by atoms with Crippen LogP contribution in [-0.2, 0) is 22.8 Å². The average Bonchev–Trinajstić information content (AvgIpc) is 3.32. The summed E-state index contributed by atoms with van der Waals surface area (Å²) in [7, 11) is -2.92. The molecule has 2 aliphatic heterocycles. The van der Waals surface area contributed by atoms with Gasteiger partial charge in [-0.25, -0.2) is 17.2 Å². The lowest BCUT2D eigenvalue weighted by atomic mass is 9.99. The molecule has 1 unspecified atom stereocenters. The number of sulfone groups is 1. The van der Waals surface area contributed by atoms with Crippen molar-refractivity contribution in [2.45, 2.75) is 38.3 Å². The second kappa shape index (κ2) is 6.79. The maximum Gasteiger partial charge on any atom is 0.194 e. The molecule has 2 heterocycles. The molecule has 2 fully saturated rings. The van der Waals surface area contributed by atoms with E-state index in [1.807, 2.05) is 4.90 Å². The number of fused-ring (bicyclic) bond motifs is 1. The molecule has 26 heavy (non-hydrogen) atoms. The summed E-state index contributed by atoms with van der Waals surface area (Å²) in [5.74, 6) is 0.188. The van der Waals surface area contributed by atoms with Crippen molar-refractivity contribution in [2.75, 3.05) is 24.6 Å². The number of hydrogen-bond acceptors (Lipinski definition) is 3. The summed E-state index contributed by atoms with van der Waals surface area (Å²) in [6, 6.07) is 2.72. The third-order valence-electron chi connectivity index (χ3n) is 5.28. The topological polar surface area (TPSA) is 61.8 Å². The highest BCUT2D eigenvalue weighted by Gasteiger charge is 2.30. The SMILES string of the molecule is O=S1(=O)CCC(CN=C(NC2CC2)N2CCc3c(F)cc(F)cc3C2)C1. The van der Waals surface area contributed by atoms with Gasteiger partial charge < -0.3 is 10.2 Å². The molecule has 1 N–H and O–H groups in total.